The first-order valence-corrected chi connectivity index (χ1v) is 6.93. The second-order valence-electron chi connectivity index (χ2n) is 3.52. The predicted octanol–water partition coefficient (Wildman–Crippen LogP) is 3.31. The average molecular weight is 348 g/mol. The molecule has 0 saturated carbocycles. The molecular weight excluding hydrogens is 340 g/mol. The van der Waals surface area contributed by atoms with Crippen LogP contribution in [0.3, 0.4) is 0 Å². The van der Waals surface area contributed by atoms with Gasteiger partial charge in [0.25, 0.3) is 0 Å². The molecule has 0 aliphatic carbocycles. The summed E-state index contributed by atoms with van der Waals surface area (Å²) in [5, 5.41) is 11.6. The SMILES string of the molecule is NC(C(=O)O)c1csc(-c2ccc(Br)cc2Cl)n1. The standard InChI is InChI=1S/C11H8BrClN2O2S/c12-5-1-2-6(7(13)3-5)10-15-8(4-18-10)9(14)11(16)17/h1-4,9H,14H2,(H,16,17). The van der Waals surface area contributed by atoms with E-state index < -0.39 is 12.0 Å². The Morgan fingerprint density at radius 3 is 2.89 bits per heavy atom. The largest absolute Gasteiger partial charge is 0.480 e. The van der Waals surface area contributed by atoms with Crippen LogP contribution in [0, 0.1) is 0 Å². The Morgan fingerprint density at radius 1 is 1.56 bits per heavy atom. The molecule has 2 aromatic rings. The van der Waals surface area contributed by atoms with Crippen LogP contribution in [0.15, 0.2) is 28.1 Å². The zero-order valence-electron chi connectivity index (χ0n) is 8.93. The van der Waals surface area contributed by atoms with Gasteiger partial charge in [0.15, 0.2) is 0 Å². The molecule has 7 heteroatoms. The minimum atomic E-state index is -1.11. The summed E-state index contributed by atoms with van der Waals surface area (Å²) in [7, 11) is 0. The number of halogens is 2. The molecule has 0 saturated heterocycles. The number of rotatable bonds is 3. The third kappa shape index (κ3) is 2.72. The fourth-order valence-electron chi connectivity index (χ4n) is 1.34. The van der Waals surface area contributed by atoms with Gasteiger partial charge in [0.2, 0.25) is 0 Å². The number of nitrogens with two attached hydrogens (primary N) is 1. The lowest BCUT2D eigenvalue weighted by Crippen LogP contribution is -2.20. The lowest BCUT2D eigenvalue weighted by molar-refractivity contribution is -0.138. The highest BCUT2D eigenvalue weighted by Crippen LogP contribution is 2.33. The summed E-state index contributed by atoms with van der Waals surface area (Å²) in [5.41, 5.74) is 6.59. The van der Waals surface area contributed by atoms with Gasteiger partial charge in [0.05, 0.1) is 10.7 Å². The molecule has 0 spiro atoms. The molecule has 1 aromatic carbocycles. The summed E-state index contributed by atoms with van der Waals surface area (Å²) >= 11 is 10.7. The molecule has 4 nitrogen and oxygen atoms in total. The fraction of sp³-hybridized carbons (Fsp3) is 0.0909. The van der Waals surface area contributed by atoms with Crippen LogP contribution in [0.4, 0.5) is 0 Å². The first-order chi connectivity index (χ1) is 8.49. The summed E-state index contributed by atoms with van der Waals surface area (Å²) in [6.07, 6.45) is 0. The summed E-state index contributed by atoms with van der Waals surface area (Å²) in [4.78, 5) is 15.0. The molecule has 3 N–H and O–H groups in total. The van der Waals surface area contributed by atoms with Crippen LogP contribution >= 0.6 is 38.9 Å². The molecule has 0 bridgehead atoms. The number of hydrogen-bond donors (Lipinski definition) is 2. The van der Waals surface area contributed by atoms with Crippen LogP contribution in [0.25, 0.3) is 10.6 Å². The highest BCUT2D eigenvalue weighted by atomic mass is 79.9. The topological polar surface area (TPSA) is 76.2 Å². The molecule has 1 atom stereocenters. The van der Waals surface area contributed by atoms with Gasteiger partial charge in [0, 0.05) is 15.4 Å². The molecule has 0 aliphatic rings. The summed E-state index contributed by atoms with van der Waals surface area (Å²) < 4.78 is 0.871. The summed E-state index contributed by atoms with van der Waals surface area (Å²) in [6.45, 7) is 0. The number of hydrogen-bond acceptors (Lipinski definition) is 4. The molecule has 0 radical (unpaired) electrons. The lowest BCUT2D eigenvalue weighted by Gasteiger charge is -2.02. The van der Waals surface area contributed by atoms with Crippen LogP contribution in [-0.4, -0.2) is 16.1 Å². The third-order valence-corrected chi connectivity index (χ3v) is 3.97. The Morgan fingerprint density at radius 2 is 2.28 bits per heavy atom. The number of carboxylic acid groups (broad SMARTS) is 1. The first kappa shape index (κ1) is 13.5. The maximum absolute atomic E-state index is 10.8. The summed E-state index contributed by atoms with van der Waals surface area (Å²) in [5.74, 6) is -1.10. The lowest BCUT2D eigenvalue weighted by atomic mass is 10.2. The van der Waals surface area contributed by atoms with E-state index in [9.17, 15) is 4.79 Å². The van der Waals surface area contributed by atoms with E-state index in [1.54, 1.807) is 11.4 Å². The maximum Gasteiger partial charge on any atom is 0.326 e. The molecule has 18 heavy (non-hydrogen) atoms. The number of thiazole rings is 1. The molecule has 2 rings (SSSR count). The fourth-order valence-corrected chi connectivity index (χ4v) is 3.06. The van der Waals surface area contributed by atoms with Crippen molar-refractivity contribution in [3.63, 3.8) is 0 Å². The first-order valence-electron chi connectivity index (χ1n) is 4.88. The Balaban J connectivity index is 2.38. The van der Waals surface area contributed by atoms with Crippen molar-refractivity contribution in [1.82, 2.24) is 4.98 Å². The molecule has 1 heterocycles. The maximum atomic E-state index is 10.8. The van der Waals surface area contributed by atoms with Crippen molar-refractivity contribution in [1.29, 1.82) is 0 Å². The van der Waals surface area contributed by atoms with Gasteiger partial charge in [-0.2, -0.15) is 0 Å². The minimum absolute atomic E-state index is 0.335. The van der Waals surface area contributed by atoms with E-state index in [-0.39, 0.29) is 0 Å². The second-order valence-corrected chi connectivity index (χ2v) is 5.70. The van der Waals surface area contributed by atoms with Crippen LogP contribution in [0.2, 0.25) is 5.02 Å². The van der Waals surface area contributed by atoms with Crippen LogP contribution in [0.1, 0.15) is 11.7 Å². The minimum Gasteiger partial charge on any atom is -0.480 e. The molecular formula is C11H8BrClN2O2S. The zero-order valence-corrected chi connectivity index (χ0v) is 12.1. The Bertz CT molecular complexity index is 602. The molecule has 0 fully saturated rings. The Labute approximate surface area is 121 Å². The van der Waals surface area contributed by atoms with Gasteiger partial charge in [-0.25, -0.2) is 4.98 Å². The molecule has 1 unspecified atom stereocenters. The molecule has 0 aliphatic heterocycles. The normalized spacial score (nSPS) is 12.4. The van der Waals surface area contributed by atoms with E-state index in [0.29, 0.717) is 15.7 Å². The smallest absolute Gasteiger partial charge is 0.326 e. The van der Waals surface area contributed by atoms with Gasteiger partial charge < -0.3 is 10.8 Å². The van der Waals surface area contributed by atoms with Crippen LogP contribution in [0.5, 0.6) is 0 Å². The quantitative estimate of drug-likeness (QED) is 0.893. The molecule has 94 valence electrons. The second kappa shape index (κ2) is 5.36. The van der Waals surface area contributed by atoms with Crippen molar-refractivity contribution in [3.05, 3.63) is 38.8 Å². The van der Waals surface area contributed by atoms with Crippen LogP contribution < -0.4 is 5.73 Å². The van der Waals surface area contributed by atoms with Gasteiger partial charge in [-0.15, -0.1) is 11.3 Å². The van der Waals surface area contributed by atoms with E-state index in [0.717, 1.165) is 10.0 Å². The van der Waals surface area contributed by atoms with Crippen molar-refractivity contribution in [2.75, 3.05) is 0 Å². The Hall–Kier alpha value is -0.950. The number of aliphatic carboxylic acids is 1. The van der Waals surface area contributed by atoms with Gasteiger partial charge in [0.1, 0.15) is 11.0 Å². The summed E-state index contributed by atoms with van der Waals surface area (Å²) in [6, 6.07) is 4.32. The average Bonchev–Trinajstić information content (AvgIpc) is 2.77. The van der Waals surface area contributed by atoms with Crippen molar-refractivity contribution in [3.8, 4) is 10.6 Å². The highest BCUT2D eigenvalue weighted by Gasteiger charge is 2.18. The third-order valence-electron chi connectivity index (χ3n) is 2.27. The van der Waals surface area contributed by atoms with Gasteiger partial charge >= 0.3 is 5.97 Å². The van der Waals surface area contributed by atoms with E-state index in [4.69, 9.17) is 22.4 Å². The van der Waals surface area contributed by atoms with E-state index in [1.165, 1.54) is 11.3 Å². The zero-order chi connectivity index (χ0) is 13.3. The predicted molar refractivity (Wildman–Crippen MR) is 74.8 cm³/mol. The molecule has 0 amide bonds. The van der Waals surface area contributed by atoms with Crippen molar-refractivity contribution < 1.29 is 9.90 Å². The van der Waals surface area contributed by atoms with Crippen molar-refractivity contribution in [2.24, 2.45) is 5.73 Å². The number of aromatic nitrogens is 1. The van der Waals surface area contributed by atoms with E-state index >= 15 is 0 Å². The van der Waals surface area contributed by atoms with Gasteiger partial charge in [-0.3, -0.25) is 4.79 Å². The number of nitrogens with zero attached hydrogens (tertiary/aromatic N) is 1. The number of carboxylic acids is 1. The van der Waals surface area contributed by atoms with Crippen molar-refractivity contribution in [2.45, 2.75) is 6.04 Å². The van der Waals surface area contributed by atoms with Crippen LogP contribution in [-0.2, 0) is 4.79 Å². The monoisotopic (exact) mass is 346 g/mol. The molecule has 1 aromatic heterocycles. The number of carbonyl (C=O) groups is 1. The van der Waals surface area contributed by atoms with Gasteiger partial charge in [-0.1, -0.05) is 27.5 Å². The Kier molecular flexibility index (Phi) is 4.01. The van der Waals surface area contributed by atoms with Gasteiger partial charge in [-0.05, 0) is 18.2 Å². The van der Waals surface area contributed by atoms with Crippen molar-refractivity contribution >= 4 is 44.8 Å². The van der Waals surface area contributed by atoms with E-state index in [1.807, 2.05) is 12.1 Å². The van der Waals surface area contributed by atoms with E-state index in [2.05, 4.69) is 20.9 Å². The number of benzene rings is 1. The highest BCUT2D eigenvalue weighted by molar-refractivity contribution is 9.10.